The SMILES string of the molecule is CCS(=O)(=O)CS(=O)(=O)c1ccc(C)cc1. The van der Waals surface area contributed by atoms with Crippen LogP contribution in [0.15, 0.2) is 29.2 Å². The topological polar surface area (TPSA) is 68.3 Å². The average molecular weight is 262 g/mol. The molecule has 0 fully saturated rings. The standard InChI is InChI=1S/C10H14O4S2/c1-3-15(11,12)8-16(13,14)10-6-4-9(2)5-7-10/h4-7H,3,8H2,1-2H3. The molecule has 0 saturated carbocycles. The highest BCUT2D eigenvalue weighted by Crippen LogP contribution is 2.14. The van der Waals surface area contributed by atoms with Crippen LogP contribution in [0.4, 0.5) is 0 Å². The maximum atomic E-state index is 11.7. The molecule has 0 unspecified atom stereocenters. The van der Waals surface area contributed by atoms with Gasteiger partial charge in [-0.15, -0.1) is 0 Å². The Hall–Kier alpha value is -0.880. The van der Waals surface area contributed by atoms with Crippen LogP contribution in [0.3, 0.4) is 0 Å². The number of aryl methyl sites for hydroxylation is 1. The molecule has 0 saturated heterocycles. The average Bonchev–Trinajstić information content (AvgIpc) is 2.17. The molecule has 6 heteroatoms. The van der Waals surface area contributed by atoms with E-state index in [0.29, 0.717) is 0 Å². The first-order valence-corrected chi connectivity index (χ1v) is 8.24. The summed E-state index contributed by atoms with van der Waals surface area (Å²) in [5.74, 6) is -0.169. The van der Waals surface area contributed by atoms with E-state index in [1.807, 2.05) is 6.92 Å². The van der Waals surface area contributed by atoms with E-state index in [4.69, 9.17) is 0 Å². The number of rotatable bonds is 4. The van der Waals surface area contributed by atoms with Gasteiger partial charge in [-0.3, -0.25) is 0 Å². The fourth-order valence-corrected chi connectivity index (χ4v) is 4.79. The van der Waals surface area contributed by atoms with Crippen LogP contribution in [0.5, 0.6) is 0 Å². The minimum atomic E-state index is -3.73. The molecule has 0 N–H and O–H groups in total. The van der Waals surface area contributed by atoms with Crippen molar-refractivity contribution in [1.82, 2.24) is 0 Å². The Kier molecular flexibility index (Phi) is 3.75. The highest BCUT2D eigenvalue weighted by molar-refractivity contribution is 8.08. The van der Waals surface area contributed by atoms with E-state index in [1.165, 1.54) is 19.1 Å². The lowest BCUT2D eigenvalue weighted by Gasteiger charge is -2.04. The maximum absolute atomic E-state index is 11.7. The molecule has 16 heavy (non-hydrogen) atoms. The highest BCUT2D eigenvalue weighted by atomic mass is 32.3. The molecule has 0 aromatic heterocycles. The summed E-state index contributed by atoms with van der Waals surface area (Å²) in [6, 6.07) is 6.14. The normalized spacial score (nSPS) is 12.6. The van der Waals surface area contributed by atoms with E-state index in [-0.39, 0.29) is 10.6 Å². The Morgan fingerprint density at radius 1 is 1.00 bits per heavy atom. The monoisotopic (exact) mass is 262 g/mol. The van der Waals surface area contributed by atoms with Crippen molar-refractivity contribution in [3.05, 3.63) is 29.8 Å². The third kappa shape index (κ3) is 3.31. The number of hydrogen-bond donors (Lipinski definition) is 0. The molecule has 0 atom stereocenters. The van der Waals surface area contributed by atoms with Crippen LogP contribution in [-0.2, 0) is 19.7 Å². The third-order valence-electron chi connectivity index (χ3n) is 2.15. The molecule has 1 rings (SSSR count). The van der Waals surface area contributed by atoms with Gasteiger partial charge >= 0.3 is 0 Å². The first-order chi connectivity index (χ1) is 7.27. The van der Waals surface area contributed by atoms with Crippen molar-refractivity contribution in [2.45, 2.75) is 18.7 Å². The molecule has 0 aliphatic heterocycles. The molecule has 0 bridgehead atoms. The summed E-state index contributed by atoms with van der Waals surface area (Å²) in [4.78, 5) is 0.0510. The van der Waals surface area contributed by atoms with Gasteiger partial charge in [0.1, 0.15) is 0 Å². The van der Waals surface area contributed by atoms with E-state index < -0.39 is 24.8 Å². The second-order valence-corrected chi connectivity index (χ2v) is 8.29. The molecular weight excluding hydrogens is 248 g/mol. The number of hydrogen-bond acceptors (Lipinski definition) is 4. The quantitative estimate of drug-likeness (QED) is 0.816. The summed E-state index contributed by atoms with van der Waals surface area (Å²) < 4.78 is 46.0. The predicted molar refractivity (Wildman–Crippen MR) is 62.7 cm³/mol. The summed E-state index contributed by atoms with van der Waals surface area (Å²) >= 11 is 0. The van der Waals surface area contributed by atoms with Gasteiger partial charge in [-0.2, -0.15) is 0 Å². The lowest BCUT2D eigenvalue weighted by molar-refractivity contribution is 0.589. The highest BCUT2D eigenvalue weighted by Gasteiger charge is 2.22. The van der Waals surface area contributed by atoms with Crippen LogP contribution in [0.1, 0.15) is 12.5 Å². The molecule has 0 amide bonds. The van der Waals surface area contributed by atoms with Crippen molar-refractivity contribution < 1.29 is 16.8 Å². The fourth-order valence-electron chi connectivity index (χ4n) is 1.13. The van der Waals surface area contributed by atoms with Crippen LogP contribution in [0.2, 0.25) is 0 Å². The van der Waals surface area contributed by atoms with Gasteiger partial charge in [0.2, 0.25) is 0 Å². The second-order valence-electron chi connectivity index (χ2n) is 3.58. The second kappa shape index (κ2) is 4.55. The van der Waals surface area contributed by atoms with Gasteiger partial charge in [0.25, 0.3) is 0 Å². The lowest BCUT2D eigenvalue weighted by atomic mass is 10.2. The van der Waals surface area contributed by atoms with Crippen molar-refractivity contribution in [3.63, 3.8) is 0 Å². The number of sulfone groups is 2. The van der Waals surface area contributed by atoms with Crippen LogP contribution in [0.25, 0.3) is 0 Å². The maximum Gasteiger partial charge on any atom is 0.192 e. The van der Waals surface area contributed by atoms with E-state index in [9.17, 15) is 16.8 Å². The van der Waals surface area contributed by atoms with E-state index >= 15 is 0 Å². The fraction of sp³-hybridized carbons (Fsp3) is 0.400. The molecular formula is C10H14O4S2. The molecule has 0 heterocycles. The Labute approximate surface area is 96.1 Å². The van der Waals surface area contributed by atoms with Gasteiger partial charge in [-0.1, -0.05) is 24.6 Å². The lowest BCUT2D eigenvalue weighted by Crippen LogP contribution is -2.18. The van der Waals surface area contributed by atoms with Crippen LogP contribution < -0.4 is 0 Å². The van der Waals surface area contributed by atoms with Crippen molar-refractivity contribution in [1.29, 1.82) is 0 Å². The smallest absolute Gasteiger partial charge is 0.192 e. The predicted octanol–water partition coefficient (Wildman–Crippen LogP) is 1.16. The zero-order valence-corrected chi connectivity index (χ0v) is 10.8. The third-order valence-corrected chi connectivity index (χ3v) is 6.70. The first-order valence-electron chi connectivity index (χ1n) is 4.77. The van der Waals surface area contributed by atoms with Crippen molar-refractivity contribution in [2.75, 3.05) is 10.8 Å². The Morgan fingerprint density at radius 2 is 1.50 bits per heavy atom. The van der Waals surface area contributed by atoms with Gasteiger partial charge in [0.15, 0.2) is 24.8 Å². The van der Waals surface area contributed by atoms with Crippen molar-refractivity contribution in [3.8, 4) is 0 Å². The summed E-state index contributed by atoms with van der Waals surface area (Å²) in [7, 11) is -7.26. The molecule has 90 valence electrons. The van der Waals surface area contributed by atoms with Crippen LogP contribution in [-0.4, -0.2) is 27.7 Å². The van der Waals surface area contributed by atoms with E-state index in [0.717, 1.165) is 5.56 Å². The molecule has 4 nitrogen and oxygen atoms in total. The first kappa shape index (κ1) is 13.2. The molecule has 1 aromatic carbocycles. The molecule has 0 aliphatic rings. The van der Waals surface area contributed by atoms with Crippen LogP contribution in [0, 0.1) is 6.92 Å². The summed E-state index contributed by atoms with van der Waals surface area (Å²) in [6.45, 7) is 3.26. The van der Waals surface area contributed by atoms with Crippen LogP contribution >= 0.6 is 0 Å². The largest absolute Gasteiger partial charge is 0.228 e. The zero-order valence-electron chi connectivity index (χ0n) is 9.17. The van der Waals surface area contributed by atoms with Crippen molar-refractivity contribution >= 4 is 19.7 Å². The Morgan fingerprint density at radius 3 is 1.94 bits per heavy atom. The molecule has 0 radical (unpaired) electrons. The summed E-state index contributed by atoms with van der Waals surface area (Å²) in [5.41, 5.74) is 0.928. The molecule has 0 spiro atoms. The summed E-state index contributed by atoms with van der Waals surface area (Å²) in [5, 5.41) is -0.820. The van der Waals surface area contributed by atoms with Crippen molar-refractivity contribution in [2.24, 2.45) is 0 Å². The molecule has 0 aliphatic carbocycles. The minimum absolute atomic E-state index is 0.0510. The van der Waals surface area contributed by atoms with Gasteiger partial charge in [-0.05, 0) is 19.1 Å². The molecule has 1 aromatic rings. The van der Waals surface area contributed by atoms with E-state index in [2.05, 4.69) is 0 Å². The van der Waals surface area contributed by atoms with Gasteiger partial charge < -0.3 is 0 Å². The van der Waals surface area contributed by atoms with Gasteiger partial charge in [0.05, 0.1) is 4.90 Å². The Balaban J connectivity index is 3.09. The minimum Gasteiger partial charge on any atom is -0.228 e. The summed E-state index contributed by atoms with van der Waals surface area (Å²) in [6.07, 6.45) is 0. The van der Waals surface area contributed by atoms with E-state index in [1.54, 1.807) is 12.1 Å². The van der Waals surface area contributed by atoms with Gasteiger partial charge in [-0.25, -0.2) is 16.8 Å². The Bertz CT molecular complexity index is 553. The zero-order chi connectivity index (χ0) is 12.4. The number of benzene rings is 1. The van der Waals surface area contributed by atoms with Gasteiger partial charge in [0, 0.05) is 5.75 Å².